The fourth-order valence-corrected chi connectivity index (χ4v) is 3.68. The molecule has 5 rings (SSSR count). The van der Waals surface area contributed by atoms with Gasteiger partial charge in [-0.25, -0.2) is 9.67 Å². The highest BCUT2D eigenvalue weighted by atomic mass is 16.1. The molecule has 0 atom stereocenters. The van der Waals surface area contributed by atoms with Gasteiger partial charge in [0, 0.05) is 42.2 Å². The van der Waals surface area contributed by atoms with Gasteiger partial charge < -0.3 is 4.90 Å². The fraction of sp³-hybridized carbons (Fsp3) is 0.500. The second-order valence-corrected chi connectivity index (χ2v) is 7.44. The predicted octanol–water partition coefficient (Wildman–Crippen LogP) is 1.31. The number of aryl methyl sites for hydroxylation is 1. The second-order valence-electron chi connectivity index (χ2n) is 7.44. The van der Waals surface area contributed by atoms with Gasteiger partial charge in [0.2, 0.25) is 0 Å². The lowest BCUT2D eigenvalue weighted by atomic mass is 9.99. The lowest BCUT2D eigenvalue weighted by Crippen LogP contribution is -2.50. The third kappa shape index (κ3) is 2.48. The van der Waals surface area contributed by atoms with E-state index in [4.69, 9.17) is 0 Å². The van der Waals surface area contributed by atoms with Crippen molar-refractivity contribution in [2.45, 2.75) is 39.2 Å². The van der Waals surface area contributed by atoms with E-state index in [9.17, 15) is 4.79 Å². The summed E-state index contributed by atoms with van der Waals surface area (Å²) < 4.78 is 3.45. The summed E-state index contributed by atoms with van der Waals surface area (Å²) in [5, 5.41) is 8.89. The zero-order valence-electron chi connectivity index (χ0n) is 15.0. The van der Waals surface area contributed by atoms with Crippen LogP contribution in [0.2, 0.25) is 0 Å². The van der Waals surface area contributed by atoms with Crippen molar-refractivity contribution in [3.05, 3.63) is 45.8 Å². The van der Waals surface area contributed by atoms with E-state index in [0.29, 0.717) is 24.2 Å². The number of rotatable bonds is 4. The molecule has 26 heavy (non-hydrogen) atoms. The van der Waals surface area contributed by atoms with Crippen molar-refractivity contribution in [3.63, 3.8) is 0 Å². The monoisotopic (exact) mass is 351 g/mol. The summed E-state index contributed by atoms with van der Waals surface area (Å²) in [5.74, 6) is 2.64. The van der Waals surface area contributed by atoms with E-state index in [0.717, 1.165) is 35.9 Å². The van der Waals surface area contributed by atoms with Crippen molar-refractivity contribution in [2.24, 2.45) is 5.92 Å². The number of nitrogens with zero attached hydrogens (tertiary/aromatic N) is 7. The Morgan fingerprint density at radius 3 is 2.77 bits per heavy atom. The van der Waals surface area contributed by atoms with Gasteiger partial charge in [0.15, 0.2) is 0 Å². The fourth-order valence-electron chi connectivity index (χ4n) is 3.68. The summed E-state index contributed by atoms with van der Waals surface area (Å²) in [5.41, 5.74) is 3.14. The average molecular weight is 351 g/mol. The van der Waals surface area contributed by atoms with E-state index in [2.05, 4.69) is 32.0 Å². The molecule has 1 aliphatic carbocycles. The van der Waals surface area contributed by atoms with E-state index < -0.39 is 0 Å². The van der Waals surface area contributed by atoms with Crippen molar-refractivity contribution < 1.29 is 0 Å². The van der Waals surface area contributed by atoms with Crippen molar-refractivity contribution in [1.29, 1.82) is 0 Å². The summed E-state index contributed by atoms with van der Waals surface area (Å²) in [4.78, 5) is 23.1. The Morgan fingerprint density at radius 2 is 2.00 bits per heavy atom. The molecule has 1 saturated heterocycles. The van der Waals surface area contributed by atoms with Crippen molar-refractivity contribution in [2.75, 3.05) is 18.0 Å². The largest absolute Gasteiger partial charge is 0.355 e. The lowest BCUT2D eigenvalue weighted by Gasteiger charge is -2.41. The summed E-state index contributed by atoms with van der Waals surface area (Å²) in [6, 6.07) is 3.54. The molecule has 4 heterocycles. The molecule has 2 aliphatic rings. The van der Waals surface area contributed by atoms with Gasteiger partial charge in [-0.05, 0) is 32.8 Å². The lowest BCUT2D eigenvalue weighted by molar-refractivity contribution is 0.329. The maximum Gasteiger partial charge on any atom is 0.266 e. The van der Waals surface area contributed by atoms with Crippen LogP contribution in [0.1, 0.15) is 35.7 Å². The van der Waals surface area contributed by atoms with Crippen LogP contribution in [0.3, 0.4) is 0 Å². The molecule has 3 aromatic rings. The van der Waals surface area contributed by atoms with Crippen molar-refractivity contribution in [1.82, 2.24) is 29.4 Å². The van der Waals surface area contributed by atoms with Gasteiger partial charge in [0.1, 0.15) is 12.1 Å². The smallest absolute Gasteiger partial charge is 0.266 e. The van der Waals surface area contributed by atoms with Crippen LogP contribution in [-0.2, 0) is 6.54 Å². The van der Waals surface area contributed by atoms with E-state index in [1.165, 1.54) is 19.2 Å². The SMILES string of the molecule is Cc1nc2ncnn2c(N2CC(Cn3nc(C4CC4)ccc3=O)C2)c1C. The molecule has 0 bridgehead atoms. The first kappa shape index (κ1) is 15.5. The molecule has 1 saturated carbocycles. The number of hydrogen-bond acceptors (Lipinski definition) is 6. The second kappa shape index (κ2) is 5.62. The van der Waals surface area contributed by atoms with Crippen LogP contribution >= 0.6 is 0 Å². The first-order valence-corrected chi connectivity index (χ1v) is 9.10. The molecule has 3 aromatic heterocycles. The van der Waals surface area contributed by atoms with Gasteiger partial charge in [-0.3, -0.25) is 4.79 Å². The molecule has 134 valence electrons. The Balaban J connectivity index is 1.36. The Bertz CT molecular complexity index is 1040. The summed E-state index contributed by atoms with van der Waals surface area (Å²) >= 11 is 0. The highest BCUT2D eigenvalue weighted by Gasteiger charge is 2.32. The van der Waals surface area contributed by atoms with Gasteiger partial charge in [0.05, 0.1) is 12.2 Å². The molecular formula is C18H21N7O. The first-order valence-electron chi connectivity index (χ1n) is 9.10. The maximum atomic E-state index is 12.1. The number of fused-ring (bicyclic) bond motifs is 1. The quantitative estimate of drug-likeness (QED) is 0.705. The topological polar surface area (TPSA) is 81.2 Å². The van der Waals surface area contributed by atoms with E-state index in [1.807, 2.05) is 13.0 Å². The normalized spacial score (nSPS) is 17.7. The van der Waals surface area contributed by atoms with Crippen molar-refractivity contribution >= 4 is 11.6 Å². The summed E-state index contributed by atoms with van der Waals surface area (Å²) in [6.07, 6.45) is 3.92. The molecule has 0 radical (unpaired) electrons. The Morgan fingerprint density at radius 1 is 1.19 bits per heavy atom. The standard InChI is InChI=1S/C18H21N7O/c1-11-12(2)21-18-19-10-20-25(18)17(11)23-7-13(8-23)9-24-16(26)6-5-15(22-24)14-3-4-14/h5-6,10,13-14H,3-4,7-9H2,1-2H3. The van der Waals surface area contributed by atoms with E-state index in [1.54, 1.807) is 15.3 Å². The number of hydrogen-bond donors (Lipinski definition) is 0. The molecule has 1 aliphatic heterocycles. The third-order valence-electron chi connectivity index (χ3n) is 5.45. The molecule has 0 aromatic carbocycles. The predicted molar refractivity (Wildman–Crippen MR) is 96.4 cm³/mol. The Kier molecular flexibility index (Phi) is 3.35. The van der Waals surface area contributed by atoms with Crippen molar-refractivity contribution in [3.8, 4) is 0 Å². The third-order valence-corrected chi connectivity index (χ3v) is 5.45. The Labute approximate surface area is 150 Å². The first-order chi connectivity index (χ1) is 12.6. The van der Waals surface area contributed by atoms with Crippen LogP contribution in [0.15, 0.2) is 23.3 Å². The van der Waals surface area contributed by atoms with Crippen LogP contribution < -0.4 is 10.5 Å². The zero-order valence-corrected chi connectivity index (χ0v) is 15.0. The molecule has 0 unspecified atom stereocenters. The molecule has 0 N–H and O–H groups in total. The maximum absolute atomic E-state index is 12.1. The van der Waals surface area contributed by atoms with Gasteiger partial charge in [0.25, 0.3) is 11.3 Å². The zero-order chi connectivity index (χ0) is 17.8. The van der Waals surface area contributed by atoms with Crippen LogP contribution in [0.25, 0.3) is 5.78 Å². The molecule has 2 fully saturated rings. The van der Waals surface area contributed by atoms with Crippen LogP contribution in [0, 0.1) is 19.8 Å². The average Bonchev–Trinajstić information content (AvgIpc) is 3.34. The van der Waals surface area contributed by atoms with E-state index >= 15 is 0 Å². The van der Waals surface area contributed by atoms with Crippen LogP contribution in [-0.4, -0.2) is 42.5 Å². The van der Waals surface area contributed by atoms with Crippen LogP contribution in [0.4, 0.5) is 5.82 Å². The van der Waals surface area contributed by atoms with Gasteiger partial charge in [-0.2, -0.15) is 19.7 Å². The molecule has 8 nitrogen and oxygen atoms in total. The molecule has 0 spiro atoms. The molecule has 0 amide bonds. The van der Waals surface area contributed by atoms with Crippen LogP contribution in [0.5, 0.6) is 0 Å². The Hall–Kier alpha value is -2.77. The van der Waals surface area contributed by atoms with Gasteiger partial charge >= 0.3 is 0 Å². The minimum Gasteiger partial charge on any atom is -0.355 e. The molecule has 8 heteroatoms. The highest BCUT2D eigenvalue weighted by molar-refractivity contribution is 5.55. The van der Waals surface area contributed by atoms with Gasteiger partial charge in [-0.15, -0.1) is 0 Å². The minimum atomic E-state index is -0.0116. The molecular weight excluding hydrogens is 330 g/mol. The summed E-state index contributed by atoms with van der Waals surface area (Å²) in [7, 11) is 0. The minimum absolute atomic E-state index is 0.0116. The number of anilines is 1. The van der Waals surface area contributed by atoms with E-state index in [-0.39, 0.29) is 5.56 Å². The highest BCUT2D eigenvalue weighted by Crippen LogP contribution is 2.38. The van der Waals surface area contributed by atoms with Gasteiger partial charge in [-0.1, -0.05) is 0 Å². The summed E-state index contributed by atoms with van der Waals surface area (Å²) in [6.45, 7) is 6.48. The number of aromatic nitrogens is 6.